The second kappa shape index (κ2) is 6.66. The van der Waals surface area contributed by atoms with Crippen molar-refractivity contribution in [3.05, 3.63) is 77.2 Å². The van der Waals surface area contributed by atoms with E-state index in [0.717, 1.165) is 16.8 Å². The molecule has 0 saturated heterocycles. The Bertz CT molecular complexity index is 838. The molecule has 3 aromatic rings. The van der Waals surface area contributed by atoms with Crippen molar-refractivity contribution >= 4 is 5.91 Å². The van der Waals surface area contributed by atoms with Gasteiger partial charge in [0.1, 0.15) is 11.5 Å². The number of rotatable bonds is 4. The summed E-state index contributed by atoms with van der Waals surface area (Å²) in [6, 6.07) is 15.5. The van der Waals surface area contributed by atoms with Crippen molar-refractivity contribution in [3.63, 3.8) is 0 Å². The molecular formula is C19H18FN3O. The van der Waals surface area contributed by atoms with Gasteiger partial charge in [-0.05, 0) is 37.6 Å². The molecule has 0 aliphatic carbocycles. The van der Waals surface area contributed by atoms with E-state index in [1.807, 2.05) is 38.1 Å². The van der Waals surface area contributed by atoms with Gasteiger partial charge in [0.2, 0.25) is 0 Å². The molecule has 3 rings (SSSR count). The molecule has 0 aliphatic heterocycles. The van der Waals surface area contributed by atoms with Gasteiger partial charge in [0.15, 0.2) is 0 Å². The summed E-state index contributed by atoms with van der Waals surface area (Å²) < 4.78 is 13.0. The topological polar surface area (TPSA) is 57.8 Å². The van der Waals surface area contributed by atoms with Crippen LogP contribution < -0.4 is 5.32 Å². The van der Waals surface area contributed by atoms with E-state index in [-0.39, 0.29) is 17.8 Å². The number of halogens is 1. The molecule has 1 aromatic heterocycles. The molecule has 2 aromatic carbocycles. The maximum absolute atomic E-state index is 13.0. The van der Waals surface area contributed by atoms with Crippen molar-refractivity contribution in [2.24, 2.45) is 0 Å². The highest BCUT2D eigenvalue weighted by atomic mass is 19.1. The normalized spacial score (nSPS) is 12.0. The lowest BCUT2D eigenvalue weighted by atomic mass is 10.1. The Kier molecular flexibility index (Phi) is 4.42. The highest BCUT2D eigenvalue weighted by Gasteiger charge is 2.14. The van der Waals surface area contributed by atoms with E-state index in [1.165, 1.54) is 17.7 Å². The first-order valence-corrected chi connectivity index (χ1v) is 7.72. The fourth-order valence-electron chi connectivity index (χ4n) is 2.42. The van der Waals surface area contributed by atoms with Crippen molar-refractivity contribution in [2.45, 2.75) is 19.9 Å². The minimum absolute atomic E-state index is 0.232. The smallest absolute Gasteiger partial charge is 0.269 e. The van der Waals surface area contributed by atoms with Gasteiger partial charge in [-0.3, -0.25) is 9.89 Å². The molecule has 122 valence electrons. The van der Waals surface area contributed by atoms with Gasteiger partial charge in [-0.2, -0.15) is 5.10 Å². The summed E-state index contributed by atoms with van der Waals surface area (Å²) in [5.41, 5.74) is 4.06. The Morgan fingerprint density at radius 2 is 1.79 bits per heavy atom. The largest absolute Gasteiger partial charge is 0.344 e. The van der Waals surface area contributed by atoms with Crippen LogP contribution in [-0.4, -0.2) is 16.1 Å². The van der Waals surface area contributed by atoms with E-state index in [2.05, 4.69) is 15.5 Å². The molecule has 4 nitrogen and oxygen atoms in total. The van der Waals surface area contributed by atoms with Crippen LogP contribution in [0.4, 0.5) is 4.39 Å². The predicted molar refractivity (Wildman–Crippen MR) is 91.0 cm³/mol. The van der Waals surface area contributed by atoms with Crippen LogP contribution in [0, 0.1) is 12.7 Å². The SMILES string of the molecule is Cc1ccc(-c2cc(C(=O)N[C@@H](C)c3ccc(F)cc3)[nH]n2)cc1. The molecule has 5 heteroatoms. The van der Waals surface area contributed by atoms with Gasteiger partial charge in [-0.15, -0.1) is 0 Å². The molecule has 0 spiro atoms. The molecule has 0 unspecified atom stereocenters. The van der Waals surface area contributed by atoms with Crippen molar-refractivity contribution in [3.8, 4) is 11.3 Å². The van der Waals surface area contributed by atoms with Crippen LogP contribution in [0.5, 0.6) is 0 Å². The number of aromatic nitrogens is 2. The van der Waals surface area contributed by atoms with E-state index in [0.29, 0.717) is 5.69 Å². The van der Waals surface area contributed by atoms with E-state index in [1.54, 1.807) is 18.2 Å². The fraction of sp³-hybridized carbons (Fsp3) is 0.158. The van der Waals surface area contributed by atoms with Crippen molar-refractivity contribution in [1.29, 1.82) is 0 Å². The lowest BCUT2D eigenvalue weighted by Crippen LogP contribution is -2.26. The van der Waals surface area contributed by atoms with Gasteiger partial charge in [0, 0.05) is 5.56 Å². The average molecular weight is 323 g/mol. The number of aryl methyl sites for hydroxylation is 1. The number of H-pyrrole nitrogens is 1. The molecule has 0 fully saturated rings. The third kappa shape index (κ3) is 3.51. The number of aromatic amines is 1. The van der Waals surface area contributed by atoms with Crippen LogP contribution in [0.25, 0.3) is 11.3 Å². The summed E-state index contributed by atoms with van der Waals surface area (Å²) >= 11 is 0. The van der Waals surface area contributed by atoms with Gasteiger partial charge in [-0.25, -0.2) is 4.39 Å². The number of hydrogen-bond donors (Lipinski definition) is 2. The van der Waals surface area contributed by atoms with E-state index >= 15 is 0 Å². The van der Waals surface area contributed by atoms with Crippen LogP contribution >= 0.6 is 0 Å². The summed E-state index contributed by atoms with van der Waals surface area (Å²) in [6.07, 6.45) is 0. The minimum Gasteiger partial charge on any atom is -0.344 e. The third-order valence-electron chi connectivity index (χ3n) is 3.89. The molecule has 1 heterocycles. The lowest BCUT2D eigenvalue weighted by Gasteiger charge is -2.13. The van der Waals surface area contributed by atoms with Gasteiger partial charge < -0.3 is 5.32 Å². The summed E-state index contributed by atoms with van der Waals surface area (Å²) in [4.78, 5) is 12.3. The molecule has 24 heavy (non-hydrogen) atoms. The Morgan fingerprint density at radius 3 is 2.46 bits per heavy atom. The summed E-state index contributed by atoms with van der Waals surface area (Å²) in [5.74, 6) is -0.550. The first-order chi connectivity index (χ1) is 11.5. The third-order valence-corrected chi connectivity index (χ3v) is 3.89. The molecule has 0 aliphatic rings. The number of nitrogens with zero attached hydrogens (tertiary/aromatic N) is 1. The highest BCUT2D eigenvalue weighted by Crippen LogP contribution is 2.19. The number of nitrogens with one attached hydrogen (secondary N) is 2. The molecule has 0 bridgehead atoms. The van der Waals surface area contributed by atoms with Crippen LogP contribution in [0.15, 0.2) is 54.6 Å². The Labute approximate surface area is 139 Å². The van der Waals surface area contributed by atoms with E-state index < -0.39 is 0 Å². The van der Waals surface area contributed by atoms with Crippen LogP contribution in [0.1, 0.15) is 34.6 Å². The van der Waals surface area contributed by atoms with Crippen molar-refractivity contribution in [2.75, 3.05) is 0 Å². The fourth-order valence-corrected chi connectivity index (χ4v) is 2.42. The van der Waals surface area contributed by atoms with Crippen LogP contribution in [0.3, 0.4) is 0 Å². The summed E-state index contributed by atoms with van der Waals surface area (Å²) in [6.45, 7) is 3.87. The van der Waals surface area contributed by atoms with E-state index in [4.69, 9.17) is 0 Å². The lowest BCUT2D eigenvalue weighted by molar-refractivity contribution is 0.0935. The quantitative estimate of drug-likeness (QED) is 0.762. The zero-order chi connectivity index (χ0) is 17.1. The molecule has 2 N–H and O–H groups in total. The Hall–Kier alpha value is -2.95. The number of benzene rings is 2. The Morgan fingerprint density at radius 1 is 1.12 bits per heavy atom. The standard InChI is InChI=1S/C19H18FN3O/c1-12-3-5-15(6-4-12)17-11-18(23-22-17)19(24)21-13(2)14-7-9-16(20)10-8-14/h3-11,13H,1-2H3,(H,21,24)(H,22,23)/t13-/m0/s1. The van der Waals surface area contributed by atoms with Gasteiger partial charge in [0.05, 0.1) is 11.7 Å². The van der Waals surface area contributed by atoms with E-state index in [9.17, 15) is 9.18 Å². The number of carbonyl (C=O) groups excluding carboxylic acids is 1. The first-order valence-electron chi connectivity index (χ1n) is 7.72. The maximum atomic E-state index is 13.0. The van der Waals surface area contributed by atoms with Crippen molar-refractivity contribution < 1.29 is 9.18 Å². The van der Waals surface area contributed by atoms with Gasteiger partial charge >= 0.3 is 0 Å². The number of hydrogen-bond acceptors (Lipinski definition) is 2. The molecule has 1 amide bonds. The Balaban J connectivity index is 1.71. The van der Waals surface area contributed by atoms with Crippen LogP contribution in [-0.2, 0) is 0 Å². The zero-order valence-electron chi connectivity index (χ0n) is 13.5. The monoisotopic (exact) mass is 323 g/mol. The molecule has 0 radical (unpaired) electrons. The number of carbonyl (C=O) groups is 1. The summed E-state index contributed by atoms with van der Waals surface area (Å²) in [7, 11) is 0. The predicted octanol–water partition coefficient (Wildman–Crippen LogP) is 4.02. The minimum atomic E-state index is -0.298. The first kappa shape index (κ1) is 15.9. The van der Waals surface area contributed by atoms with Gasteiger partial charge in [0.25, 0.3) is 5.91 Å². The van der Waals surface area contributed by atoms with Crippen LogP contribution in [0.2, 0.25) is 0 Å². The molecule has 1 atom stereocenters. The molecule has 0 saturated carbocycles. The second-order valence-electron chi connectivity index (χ2n) is 5.78. The second-order valence-corrected chi connectivity index (χ2v) is 5.78. The maximum Gasteiger partial charge on any atom is 0.269 e. The molecular weight excluding hydrogens is 305 g/mol. The highest BCUT2D eigenvalue weighted by molar-refractivity contribution is 5.93. The number of amides is 1. The van der Waals surface area contributed by atoms with Crippen molar-refractivity contribution in [1.82, 2.24) is 15.5 Å². The average Bonchev–Trinajstić information content (AvgIpc) is 3.06. The van der Waals surface area contributed by atoms with Gasteiger partial charge in [-0.1, -0.05) is 42.0 Å². The summed E-state index contributed by atoms with van der Waals surface area (Å²) in [5, 5.41) is 9.83. The zero-order valence-corrected chi connectivity index (χ0v) is 13.5.